The fraction of sp³-hybridized carbons (Fsp3) is 0.273. The summed E-state index contributed by atoms with van der Waals surface area (Å²) < 4.78 is 0. The second-order valence-corrected chi connectivity index (χ2v) is 5.76. The number of halogens is 2. The van der Waals surface area contributed by atoms with Gasteiger partial charge in [-0.15, -0.1) is 11.8 Å². The van der Waals surface area contributed by atoms with E-state index in [-0.39, 0.29) is 26.4 Å². The molecule has 116 valence electrons. The number of thioether (sulfide) groups is 1. The Morgan fingerprint density at radius 1 is 1.48 bits per heavy atom. The highest BCUT2D eigenvalue weighted by Gasteiger charge is 2.22. The number of carboxylic acid groups (broad SMARTS) is 1. The van der Waals surface area contributed by atoms with Crippen LogP contribution in [0.2, 0.25) is 10.0 Å². The fourth-order valence-corrected chi connectivity index (χ4v) is 3.08. The van der Waals surface area contributed by atoms with Gasteiger partial charge < -0.3 is 15.6 Å². The molecule has 2 atom stereocenters. The lowest BCUT2D eigenvalue weighted by Crippen LogP contribution is -2.99. The van der Waals surface area contributed by atoms with Crippen LogP contribution in [0.5, 0.6) is 0 Å². The van der Waals surface area contributed by atoms with E-state index in [1.807, 2.05) is 0 Å². The molecule has 10 heteroatoms. The molecule has 0 spiro atoms. The summed E-state index contributed by atoms with van der Waals surface area (Å²) in [7, 11) is 0. The van der Waals surface area contributed by atoms with E-state index in [0.717, 1.165) is 11.8 Å². The molecule has 1 unspecified atom stereocenters. The Morgan fingerprint density at radius 2 is 2.10 bits per heavy atom. The molecule has 1 aromatic rings. The first kappa shape index (κ1) is 18.0. The van der Waals surface area contributed by atoms with Crippen molar-refractivity contribution >= 4 is 52.5 Å². The van der Waals surface area contributed by atoms with Gasteiger partial charge >= 0.3 is 5.97 Å². The van der Waals surface area contributed by atoms with E-state index in [9.17, 15) is 14.8 Å². The third-order valence-corrected chi connectivity index (χ3v) is 4.48. The Labute approximate surface area is 134 Å². The number of hydrogen-bond acceptors (Lipinski definition) is 5. The number of aliphatic carboxylic acids is 1. The summed E-state index contributed by atoms with van der Waals surface area (Å²) in [4.78, 5) is 22.1. The second kappa shape index (κ2) is 7.83. The van der Waals surface area contributed by atoms with Gasteiger partial charge in [0.05, 0.1) is 14.9 Å². The van der Waals surface area contributed by atoms with Crippen LogP contribution in [0.15, 0.2) is 17.0 Å². The maximum Gasteiger partial charge on any atom is 0.327 e. The summed E-state index contributed by atoms with van der Waals surface area (Å²) in [5.41, 5.74) is -0.0821. The topological polar surface area (TPSA) is 114 Å². The third kappa shape index (κ3) is 5.03. The predicted octanol–water partition coefficient (Wildman–Crippen LogP) is 1.08. The largest absolute Gasteiger partial charge is 0.595 e. The zero-order valence-corrected chi connectivity index (χ0v) is 13.1. The zero-order valence-electron chi connectivity index (χ0n) is 10.7. The number of carboxylic acids is 1. The highest BCUT2D eigenvalue weighted by atomic mass is 35.5. The van der Waals surface area contributed by atoms with Crippen LogP contribution < -0.4 is 10.5 Å². The second-order valence-electron chi connectivity index (χ2n) is 3.95. The minimum absolute atomic E-state index is 0.0357. The standard InChI is InChI=1S/C11H12Cl2N2O5S/c1-5(16)14-7(11(17)18)4-21-10-8(15(19)20)3-2-6(12)9(10)13/h2-3,7,15,19H,4H2,1H3,(H,14,16)(H,17,18)/t7-/m0/s1. The van der Waals surface area contributed by atoms with E-state index in [2.05, 4.69) is 5.32 Å². The van der Waals surface area contributed by atoms with Gasteiger partial charge in [-0.3, -0.25) is 4.79 Å². The van der Waals surface area contributed by atoms with Gasteiger partial charge in [-0.1, -0.05) is 23.2 Å². The number of rotatable bonds is 6. The van der Waals surface area contributed by atoms with Crippen molar-refractivity contribution in [3.63, 3.8) is 0 Å². The number of amides is 1. The first-order chi connectivity index (χ1) is 9.73. The van der Waals surface area contributed by atoms with Gasteiger partial charge in [0.25, 0.3) is 0 Å². The molecule has 0 bridgehead atoms. The molecule has 0 aliphatic carbocycles. The Morgan fingerprint density at radius 3 is 2.57 bits per heavy atom. The van der Waals surface area contributed by atoms with Crippen molar-refractivity contribution in [1.82, 2.24) is 5.32 Å². The van der Waals surface area contributed by atoms with Crippen LogP contribution in [0.4, 0.5) is 5.69 Å². The number of benzene rings is 1. The molecule has 0 saturated carbocycles. The molecule has 0 aliphatic rings. The lowest BCUT2D eigenvalue weighted by molar-refractivity contribution is -0.992. The third-order valence-electron chi connectivity index (χ3n) is 2.35. The molecular formula is C11H12Cl2N2O5S. The summed E-state index contributed by atoms with van der Waals surface area (Å²) in [6, 6.07) is 1.47. The summed E-state index contributed by atoms with van der Waals surface area (Å²) >= 11 is 12.7. The molecule has 0 heterocycles. The van der Waals surface area contributed by atoms with Gasteiger partial charge in [-0.25, -0.2) is 10.0 Å². The van der Waals surface area contributed by atoms with E-state index >= 15 is 0 Å². The molecule has 0 saturated heterocycles. The Kier molecular flexibility index (Phi) is 6.72. The quantitative estimate of drug-likeness (QED) is 0.449. The van der Waals surface area contributed by atoms with Crippen LogP contribution in [0.1, 0.15) is 6.92 Å². The van der Waals surface area contributed by atoms with E-state index in [0.29, 0.717) is 0 Å². The van der Waals surface area contributed by atoms with Crippen LogP contribution in [-0.4, -0.2) is 34.0 Å². The van der Waals surface area contributed by atoms with Crippen molar-refractivity contribution < 1.29 is 25.1 Å². The van der Waals surface area contributed by atoms with Crippen molar-refractivity contribution in [1.29, 1.82) is 0 Å². The van der Waals surface area contributed by atoms with Crippen molar-refractivity contribution in [3.05, 3.63) is 27.4 Å². The van der Waals surface area contributed by atoms with Gasteiger partial charge in [0.2, 0.25) is 5.91 Å². The first-order valence-electron chi connectivity index (χ1n) is 5.58. The normalized spacial score (nSPS) is 13.6. The predicted molar refractivity (Wildman–Crippen MR) is 78.2 cm³/mol. The molecule has 1 aromatic carbocycles. The van der Waals surface area contributed by atoms with Gasteiger partial charge in [-0.05, 0) is 6.07 Å². The molecule has 21 heavy (non-hydrogen) atoms. The van der Waals surface area contributed by atoms with E-state index < -0.39 is 23.1 Å². The molecule has 0 aliphatic heterocycles. The lowest BCUT2D eigenvalue weighted by atomic mass is 10.3. The van der Waals surface area contributed by atoms with Gasteiger partial charge in [0.1, 0.15) is 6.04 Å². The Balaban J connectivity index is 2.98. The molecule has 1 amide bonds. The fourth-order valence-electron chi connectivity index (χ4n) is 1.43. The van der Waals surface area contributed by atoms with Gasteiger partial charge in [0.15, 0.2) is 5.69 Å². The molecule has 7 nitrogen and oxygen atoms in total. The van der Waals surface area contributed by atoms with Gasteiger partial charge in [-0.2, -0.15) is 5.23 Å². The van der Waals surface area contributed by atoms with Crippen LogP contribution in [-0.2, 0) is 9.59 Å². The smallest absolute Gasteiger partial charge is 0.327 e. The molecule has 0 fully saturated rings. The molecule has 0 aromatic heterocycles. The highest BCUT2D eigenvalue weighted by molar-refractivity contribution is 7.99. The molecule has 0 radical (unpaired) electrons. The Hall–Kier alpha value is -1.03. The Bertz CT molecular complexity index is 556. The average molecular weight is 355 g/mol. The van der Waals surface area contributed by atoms with Crippen LogP contribution in [0, 0.1) is 5.21 Å². The lowest BCUT2D eigenvalue weighted by Gasteiger charge is -2.18. The number of carbonyl (C=O) groups is 2. The monoisotopic (exact) mass is 354 g/mol. The summed E-state index contributed by atoms with van der Waals surface area (Å²) in [6.45, 7) is 1.19. The highest BCUT2D eigenvalue weighted by Crippen LogP contribution is 2.37. The summed E-state index contributed by atoms with van der Waals surface area (Å²) in [5, 5.41) is 30.5. The summed E-state index contributed by atoms with van der Waals surface area (Å²) in [6.07, 6.45) is 0. The van der Waals surface area contributed by atoms with E-state index in [1.54, 1.807) is 0 Å². The first-order valence-corrected chi connectivity index (χ1v) is 7.32. The van der Waals surface area contributed by atoms with Crippen LogP contribution in [0.3, 0.4) is 0 Å². The number of quaternary nitrogens is 1. The van der Waals surface area contributed by atoms with E-state index in [4.69, 9.17) is 33.5 Å². The molecule has 4 N–H and O–H groups in total. The maximum atomic E-state index is 11.1. The average Bonchev–Trinajstić information content (AvgIpc) is 2.37. The summed E-state index contributed by atoms with van der Waals surface area (Å²) in [5.74, 6) is -1.82. The number of carbonyl (C=O) groups excluding carboxylic acids is 1. The number of nitrogens with one attached hydrogen (secondary N) is 2. The number of hydrogen-bond donors (Lipinski definition) is 4. The van der Waals surface area contributed by atoms with Crippen molar-refractivity contribution in [2.24, 2.45) is 0 Å². The van der Waals surface area contributed by atoms with Crippen LogP contribution in [0.25, 0.3) is 0 Å². The molecule has 1 rings (SSSR count). The zero-order chi connectivity index (χ0) is 16.2. The van der Waals surface area contributed by atoms with Crippen LogP contribution >= 0.6 is 35.0 Å². The van der Waals surface area contributed by atoms with Crippen molar-refractivity contribution in [3.8, 4) is 0 Å². The minimum atomic E-state index is -1.23. The van der Waals surface area contributed by atoms with Gasteiger partial charge in [0, 0.05) is 18.7 Å². The minimum Gasteiger partial charge on any atom is -0.595 e. The maximum absolute atomic E-state index is 11.1. The van der Waals surface area contributed by atoms with Crippen molar-refractivity contribution in [2.75, 3.05) is 5.75 Å². The molecular weight excluding hydrogens is 343 g/mol. The van der Waals surface area contributed by atoms with E-state index in [1.165, 1.54) is 19.1 Å². The SMILES string of the molecule is CC(=O)N[C@@H](CSc1c([NH+]([O-])O)ccc(Cl)c1Cl)C(=O)O. The van der Waals surface area contributed by atoms with Crippen molar-refractivity contribution in [2.45, 2.75) is 17.9 Å².